The van der Waals surface area contributed by atoms with E-state index in [0.717, 1.165) is 6.07 Å². The fourth-order valence-corrected chi connectivity index (χ4v) is 1.10. The minimum absolute atomic E-state index is 0.0784. The van der Waals surface area contributed by atoms with E-state index in [-0.39, 0.29) is 17.2 Å². The number of halogens is 2. The molecule has 0 saturated heterocycles. The molecular formula is C9H8ClFO2. The largest absolute Gasteiger partial charge is 0.508 e. The summed E-state index contributed by atoms with van der Waals surface area (Å²) < 4.78 is 13.0. The van der Waals surface area contributed by atoms with E-state index in [4.69, 9.17) is 16.7 Å². The first-order valence-corrected chi connectivity index (χ1v) is 4.18. The minimum atomic E-state index is -0.742. The van der Waals surface area contributed by atoms with Crippen LogP contribution in [0.2, 0.25) is 0 Å². The molecule has 1 aromatic rings. The molecule has 0 radical (unpaired) electrons. The summed E-state index contributed by atoms with van der Waals surface area (Å²) in [6, 6.07) is 2.20. The van der Waals surface area contributed by atoms with Crippen molar-refractivity contribution in [2.75, 3.05) is 5.88 Å². The second-order valence-corrected chi connectivity index (χ2v) is 2.94. The smallest absolute Gasteiger partial charge is 0.180 e. The number of benzene rings is 1. The zero-order chi connectivity index (χ0) is 10.0. The summed E-state index contributed by atoms with van der Waals surface area (Å²) >= 11 is 5.27. The van der Waals surface area contributed by atoms with Crippen LogP contribution in [0.1, 0.15) is 15.9 Å². The SMILES string of the molecule is Cc1cc(C(=O)CCl)c(F)cc1O. The summed E-state index contributed by atoms with van der Waals surface area (Å²) in [6.45, 7) is 1.58. The zero-order valence-corrected chi connectivity index (χ0v) is 7.73. The molecule has 1 rings (SSSR count). The molecule has 0 bridgehead atoms. The number of rotatable bonds is 2. The fraction of sp³-hybridized carbons (Fsp3) is 0.222. The third kappa shape index (κ3) is 1.98. The van der Waals surface area contributed by atoms with Gasteiger partial charge < -0.3 is 5.11 Å². The molecule has 0 fully saturated rings. The van der Waals surface area contributed by atoms with E-state index >= 15 is 0 Å². The van der Waals surface area contributed by atoms with Crippen molar-refractivity contribution < 1.29 is 14.3 Å². The number of aromatic hydroxyl groups is 1. The Bertz CT molecular complexity index is 350. The van der Waals surface area contributed by atoms with Gasteiger partial charge in [0.25, 0.3) is 0 Å². The molecule has 13 heavy (non-hydrogen) atoms. The monoisotopic (exact) mass is 202 g/mol. The molecule has 0 aromatic heterocycles. The third-order valence-electron chi connectivity index (χ3n) is 1.71. The summed E-state index contributed by atoms with van der Waals surface area (Å²) in [7, 11) is 0. The highest BCUT2D eigenvalue weighted by molar-refractivity contribution is 6.30. The molecule has 0 spiro atoms. The number of alkyl halides is 1. The molecule has 0 aliphatic carbocycles. The van der Waals surface area contributed by atoms with Gasteiger partial charge in [-0.05, 0) is 18.6 Å². The fourth-order valence-electron chi connectivity index (χ4n) is 0.957. The highest BCUT2D eigenvalue weighted by Crippen LogP contribution is 2.21. The summed E-state index contributed by atoms with van der Waals surface area (Å²) in [6.07, 6.45) is 0. The van der Waals surface area contributed by atoms with Crippen molar-refractivity contribution >= 4 is 17.4 Å². The van der Waals surface area contributed by atoms with E-state index in [1.165, 1.54) is 6.07 Å². The molecule has 0 saturated carbocycles. The third-order valence-corrected chi connectivity index (χ3v) is 1.95. The first-order chi connectivity index (χ1) is 6.06. The number of hydrogen-bond donors (Lipinski definition) is 1. The lowest BCUT2D eigenvalue weighted by molar-refractivity contribution is 0.101. The Morgan fingerprint density at radius 3 is 2.77 bits per heavy atom. The molecule has 2 nitrogen and oxygen atoms in total. The average Bonchev–Trinajstić information content (AvgIpc) is 2.10. The van der Waals surface area contributed by atoms with Crippen molar-refractivity contribution in [2.24, 2.45) is 0 Å². The van der Waals surface area contributed by atoms with Crippen LogP contribution in [0.3, 0.4) is 0 Å². The van der Waals surface area contributed by atoms with Crippen molar-refractivity contribution in [3.8, 4) is 5.75 Å². The maximum atomic E-state index is 13.0. The molecule has 70 valence electrons. The van der Waals surface area contributed by atoms with E-state index in [0.29, 0.717) is 5.56 Å². The van der Waals surface area contributed by atoms with Gasteiger partial charge in [0.05, 0.1) is 11.4 Å². The number of aryl methyl sites for hydroxylation is 1. The van der Waals surface area contributed by atoms with Crippen LogP contribution >= 0.6 is 11.6 Å². The highest BCUT2D eigenvalue weighted by Gasteiger charge is 2.12. The average molecular weight is 203 g/mol. The second-order valence-electron chi connectivity index (χ2n) is 2.68. The number of hydrogen-bond acceptors (Lipinski definition) is 2. The lowest BCUT2D eigenvalue weighted by Gasteiger charge is -2.03. The van der Waals surface area contributed by atoms with Crippen molar-refractivity contribution in [2.45, 2.75) is 6.92 Å². The maximum Gasteiger partial charge on any atom is 0.180 e. The van der Waals surface area contributed by atoms with Crippen LogP contribution in [0.4, 0.5) is 4.39 Å². The topological polar surface area (TPSA) is 37.3 Å². The Morgan fingerprint density at radius 2 is 2.23 bits per heavy atom. The van der Waals surface area contributed by atoms with Gasteiger partial charge in [0, 0.05) is 6.07 Å². The van der Waals surface area contributed by atoms with Crippen molar-refractivity contribution in [1.82, 2.24) is 0 Å². The van der Waals surface area contributed by atoms with Gasteiger partial charge in [-0.1, -0.05) is 0 Å². The Kier molecular flexibility index (Phi) is 2.88. The minimum Gasteiger partial charge on any atom is -0.508 e. The van der Waals surface area contributed by atoms with Crippen LogP contribution in [0, 0.1) is 12.7 Å². The predicted molar refractivity (Wildman–Crippen MR) is 47.9 cm³/mol. The molecule has 0 atom stereocenters. The molecule has 0 heterocycles. The number of ketones is 1. The Hall–Kier alpha value is -1.09. The van der Waals surface area contributed by atoms with Gasteiger partial charge in [-0.25, -0.2) is 4.39 Å². The lowest BCUT2D eigenvalue weighted by atomic mass is 10.1. The van der Waals surface area contributed by atoms with E-state index in [1.54, 1.807) is 6.92 Å². The molecule has 1 N–H and O–H groups in total. The van der Waals surface area contributed by atoms with E-state index in [2.05, 4.69) is 0 Å². The van der Waals surface area contributed by atoms with E-state index in [1.807, 2.05) is 0 Å². The first-order valence-electron chi connectivity index (χ1n) is 3.64. The van der Waals surface area contributed by atoms with Crippen LogP contribution in [0.15, 0.2) is 12.1 Å². The van der Waals surface area contributed by atoms with Crippen LogP contribution in [-0.2, 0) is 0 Å². The molecule has 4 heteroatoms. The van der Waals surface area contributed by atoms with Gasteiger partial charge in [0.1, 0.15) is 11.6 Å². The Balaban J connectivity index is 3.23. The van der Waals surface area contributed by atoms with Crippen LogP contribution in [0.5, 0.6) is 5.75 Å². The standard InChI is InChI=1S/C9H8ClFO2/c1-5-2-6(9(13)4-10)7(11)3-8(5)12/h2-3,12H,4H2,1H3. The van der Waals surface area contributed by atoms with Crippen LogP contribution < -0.4 is 0 Å². The number of phenolic OH excluding ortho intramolecular Hbond substituents is 1. The molecule has 0 unspecified atom stereocenters. The summed E-state index contributed by atoms with van der Waals surface area (Å²) in [5, 5.41) is 9.09. The van der Waals surface area contributed by atoms with Crippen molar-refractivity contribution in [1.29, 1.82) is 0 Å². The first kappa shape index (κ1) is 9.99. The molecular weight excluding hydrogens is 195 g/mol. The summed E-state index contributed by atoms with van der Waals surface area (Å²) in [4.78, 5) is 11.0. The van der Waals surface area contributed by atoms with Crippen molar-refractivity contribution in [3.05, 3.63) is 29.1 Å². The van der Waals surface area contributed by atoms with Gasteiger partial charge in [-0.15, -0.1) is 11.6 Å². The number of phenols is 1. The molecule has 0 amide bonds. The number of Topliss-reactive ketones (excluding diaryl/α,β-unsaturated/α-hetero) is 1. The van der Waals surface area contributed by atoms with E-state index in [9.17, 15) is 9.18 Å². The second kappa shape index (κ2) is 3.75. The number of carbonyl (C=O) groups is 1. The van der Waals surface area contributed by atoms with Crippen LogP contribution in [0.25, 0.3) is 0 Å². The highest BCUT2D eigenvalue weighted by atomic mass is 35.5. The number of carbonyl (C=O) groups excluding carboxylic acids is 1. The Labute approximate surface area is 80.0 Å². The normalized spacial score (nSPS) is 10.1. The Morgan fingerprint density at radius 1 is 1.62 bits per heavy atom. The van der Waals surface area contributed by atoms with Crippen LogP contribution in [-0.4, -0.2) is 16.8 Å². The van der Waals surface area contributed by atoms with Gasteiger partial charge in [-0.3, -0.25) is 4.79 Å². The zero-order valence-electron chi connectivity index (χ0n) is 6.97. The lowest BCUT2D eigenvalue weighted by Crippen LogP contribution is -2.04. The van der Waals surface area contributed by atoms with E-state index < -0.39 is 11.6 Å². The summed E-state index contributed by atoms with van der Waals surface area (Å²) in [5.74, 6) is -1.65. The van der Waals surface area contributed by atoms with Crippen molar-refractivity contribution in [3.63, 3.8) is 0 Å². The molecule has 0 aliphatic heterocycles. The molecule has 1 aromatic carbocycles. The van der Waals surface area contributed by atoms with Gasteiger partial charge in [-0.2, -0.15) is 0 Å². The van der Waals surface area contributed by atoms with Gasteiger partial charge >= 0.3 is 0 Å². The van der Waals surface area contributed by atoms with Gasteiger partial charge in [0.15, 0.2) is 5.78 Å². The maximum absolute atomic E-state index is 13.0. The quantitative estimate of drug-likeness (QED) is 0.590. The van der Waals surface area contributed by atoms with Gasteiger partial charge in [0.2, 0.25) is 0 Å². The summed E-state index contributed by atoms with van der Waals surface area (Å²) in [5.41, 5.74) is 0.375. The predicted octanol–water partition coefficient (Wildman–Crippen LogP) is 2.26. The molecule has 0 aliphatic rings.